The van der Waals surface area contributed by atoms with Gasteiger partial charge < -0.3 is 9.84 Å². The number of aliphatic hydroxyl groups excluding tert-OH is 1. The van der Waals surface area contributed by atoms with Crippen LogP contribution in [0, 0.1) is 5.92 Å². The van der Waals surface area contributed by atoms with Crippen molar-refractivity contribution in [2.45, 2.75) is 12.6 Å². The lowest BCUT2D eigenvalue weighted by Gasteiger charge is -2.15. The molecule has 0 amide bonds. The van der Waals surface area contributed by atoms with Crippen LogP contribution < -0.4 is 0 Å². The monoisotopic (exact) mass is 282 g/mol. The van der Waals surface area contributed by atoms with Crippen molar-refractivity contribution in [3.8, 4) is 0 Å². The van der Waals surface area contributed by atoms with Gasteiger partial charge in [-0.2, -0.15) is 13.2 Å². The molecule has 0 aliphatic rings. The number of halogens is 4. The van der Waals surface area contributed by atoms with Crippen LogP contribution in [-0.2, 0) is 11.2 Å². The molecule has 6 heteroatoms. The highest BCUT2D eigenvalue weighted by Crippen LogP contribution is 2.17. The molecule has 0 aromatic heterocycles. The molecule has 1 aromatic carbocycles. The van der Waals surface area contributed by atoms with Crippen molar-refractivity contribution < 1.29 is 23.0 Å². The third-order valence-corrected chi connectivity index (χ3v) is 2.57. The quantitative estimate of drug-likeness (QED) is 0.869. The van der Waals surface area contributed by atoms with Crippen molar-refractivity contribution in [1.82, 2.24) is 0 Å². The van der Waals surface area contributed by atoms with E-state index in [0.717, 1.165) is 5.56 Å². The lowest BCUT2D eigenvalue weighted by atomic mass is 10.0. The van der Waals surface area contributed by atoms with E-state index in [0.29, 0.717) is 11.4 Å². The molecule has 2 nitrogen and oxygen atoms in total. The normalized spacial score (nSPS) is 13.6. The molecule has 102 valence electrons. The zero-order valence-electron chi connectivity index (χ0n) is 9.58. The first-order valence-electron chi connectivity index (χ1n) is 5.40. The van der Waals surface area contributed by atoms with Gasteiger partial charge in [-0.1, -0.05) is 23.7 Å². The van der Waals surface area contributed by atoms with Gasteiger partial charge in [0.25, 0.3) is 0 Å². The van der Waals surface area contributed by atoms with E-state index in [2.05, 4.69) is 4.74 Å². The van der Waals surface area contributed by atoms with Gasteiger partial charge >= 0.3 is 6.18 Å². The third kappa shape index (κ3) is 6.23. The number of aliphatic hydroxyl groups is 1. The Morgan fingerprint density at radius 3 is 2.33 bits per heavy atom. The van der Waals surface area contributed by atoms with Crippen LogP contribution in [0.3, 0.4) is 0 Å². The fraction of sp³-hybridized carbons (Fsp3) is 0.500. The Kier molecular flexibility index (Phi) is 5.91. The Labute approximate surface area is 108 Å². The van der Waals surface area contributed by atoms with Crippen molar-refractivity contribution in [2.24, 2.45) is 5.92 Å². The Hall–Kier alpha value is -0.780. The zero-order valence-corrected chi connectivity index (χ0v) is 10.3. The molecule has 0 fully saturated rings. The van der Waals surface area contributed by atoms with E-state index in [1.165, 1.54) is 0 Å². The average Bonchev–Trinajstić information content (AvgIpc) is 2.29. The van der Waals surface area contributed by atoms with Crippen LogP contribution in [0.2, 0.25) is 5.02 Å². The summed E-state index contributed by atoms with van der Waals surface area (Å²) in [7, 11) is 0. The summed E-state index contributed by atoms with van der Waals surface area (Å²) in [5.74, 6) is -0.353. The first-order valence-corrected chi connectivity index (χ1v) is 5.78. The molecule has 0 spiro atoms. The van der Waals surface area contributed by atoms with Gasteiger partial charge in [0.2, 0.25) is 0 Å². The highest BCUT2D eigenvalue weighted by molar-refractivity contribution is 6.30. The molecule has 1 unspecified atom stereocenters. The smallest absolute Gasteiger partial charge is 0.396 e. The first-order chi connectivity index (χ1) is 8.40. The molecule has 0 bridgehead atoms. The van der Waals surface area contributed by atoms with Gasteiger partial charge in [-0.15, -0.1) is 0 Å². The van der Waals surface area contributed by atoms with Gasteiger partial charge in [-0.3, -0.25) is 0 Å². The molecule has 0 heterocycles. The van der Waals surface area contributed by atoms with E-state index in [1.54, 1.807) is 24.3 Å². The van der Waals surface area contributed by atoms with Gasteiger partial charge in [-0.25, -0.2) is 0 Å². The van der Waals surface area contributed by atoms with Crippen LogP contribution >= 0.6 is 11.6 Å². The number of hydrogen-bond donors (Lipinski definition) is 1. The van der Waals surface area contributed by atoms with Gasteiger partial charge in [0.15, 0.2) is 0 Å². The lowest BCUT2D eigenvalue weighted by molar-refractivity contribution is -0.177. The summed E-state index contributed by atoms with van der Waals surface area (Å²) in [6.45, 7) is -1.64. The van der Waals surface area contributed by atoms with Crippen molar-refractivity contribution >= 4 is 11.6 Å². The van der Waals surface area contributed by atoms with E-state index < -0.39 is 12.8 Å². The van der Waals surface area contributed by atoms with E-state index in [-0.39, 0.29) is 19.1 Å². The van der Waals surface area contributed by atoms with Crippen molar-refractivity contribution in [1.29, 1.82) is 0 Å². The number of alkyl halides is 3. The molecule has 0 aliphatic heterocycles. The maximum atomic E-state index is 11.9. The molecule has 18 heavy (non-hydrogen) atoms. The zero-order chi connectivity index (χ0) is 13.6. The fourth-order valence-electron chi connectivity index (χ4n) is 1.47. The minimum atomic E-state index is -4.33. The highest BCUT2D eigenvalue weighted by Gasteiger charge is 2.27. The molecule has 1 N–H and O–H groups in total. The summed E-state index contributed by atoms with van der Waals surface area (Å²) in [4.78, 5) is 0. The van der Waals surface area contributed by atoms with Crippen LogP contribution in [0.25, 0.3) is 0 Å². The Balaban J connectivity index is 2.40. The Bertz CT molecular complexity index is 351. The second-order valence-corrected chi connectivity index (χ2v) is 4.45. The number of rotatable bonds is 6. The van der Waals surface area contributed by atoms with Crippen molar-refractivity contribution in [3.05, 3.63) is 34.9 Å². The average molecular weight is 283 g/mol. The standard InChI is InChI=1S/C12H14ClF3O2/c13-11-3-1-9(2-4-11)5-10(6-17)7-18-8-12(14,15)16/h1-4,10,17H,5-8H2. The van der Waals surface area contributed by atoms with E-state index in [9.17, 15) is 13.2 Å². The highest BCUT2D eigenvalue weighted by atomic mass is 35.5. The summed E-state index contributed by atoms with van der Waals surface area (Å²) in [6, 6.07) is 6.94. The molecular formula is C12H14ClF3O2. The molecule has 1 aromatic rings. The molecule has 1 atom stereocenters. The summed E-state index contributed by atoms with van der Waals surface area (Å²) in [6.07, 6.45) is -3.88. The lowest BCUT2D eigenvalue weighted by Crippen LogP contribution is -2.23. The Morgan fingerprint density at radius 2 is 1.83 bits per heavy atom. The van der Waals surface area contributed by atoms with Gasteiger partial charge in [0.1, 0.15) is 6.61 Å². The second kappa shape index (κ2) is 6.97. The third-order valence-electron chi connectivity index (χ3n) is 2.32. The predicted octanol–water partition coefficient (Wildman–Crippen LogP) is 3.07. The molecule has 0 saturated carbocycles. The summed E-state index contributed by atoms with van der Waals surface area (Å²) < 4.78 is 40.2. The second-order valence-electron chi connectivity index (χ2n) is 4.01. The maximum absolute atomic E-state index is 11.9. The van der Waals surface area contributed by atoms with Crippen LogP contribution in [0.15, 0.2) is 24.3 Å². The maximum Gasteiger partial charge on any atom is 0.411 e. The minimum Gasteiger partial charge on any atom is -0.396 e. The largest absolute Gasteiger partial charge is 0.411 e. The minimum absolute atomic E-state index is 0.126. The van der Waals surface area contributed by atoms with Crippen LogP contribution in [-0.4, -0.2) is 31.1 Å². The number of ether oxygens (including phenoxy) is 1. The van der Waals surface area contributed by atoms with Crippen LogP contribution in [0.5, 0.6) is 0 Å². The Morgan fingerprint density at radius 1 is 1.22 bits per heavy atom. The first kappa shape index (κ1) is 15.3. The molecule has 0 saturated heterocycles. The van der Waals surface area contributed by atoms with Gasteiger partial charge in [0.05, 0.1) is 6.61 Å². The summed E-state index contributed by atoms with van der Waals surface area (Å²) >= 11 is 5.72. The molecule has 0 radical (unpaired) electrons. The summed E-state index contributed by atoms with van der Waals surface area (Å²) in [5, 5.41) is 9.67. The number of hydrogen-bond acceptors (Lipinski definition) is 2. The topological polar surface area (TPSA) is 29.5 Å². The van der Waals surface area contributed by atoms with Gasteiger partial charge in [0, 0.05) is 17.5 Å². The number of benzene rings is 1. The van der Waals surface area contributed by atoms with Crippen molar-refractivity contribution in [2.75, 3.05) is 19.8 Å². The summed E-state index contributed by atoms with van der Waals surface area (Å²) in [5.41, 5.74) is 0.897. The molecule has 1 rings (SSSR count). The van der Waals surface area contributed by atoms with Crippen molar-refractivity contribution in [3.63, 3.8) is 0 Å². The predicted molar refractivity (Wildman–Crippen MR) is 62.6 cm³/mol. The van der Waals surface area contributed by atoms with Crippen LogP contribution in [0.4, 0.5) is 13.2 Å². The molecular weight excluding hydrogens is 269 g/mol. The van der Waals surface area contributed by atoms with E-state index in [1.807, 2.05) is 0 Å². The SMILES string of the molecule is OCC(COCC(F)(F)F)Cc1ccc(Cl)cc1. The molecule has 0 aliphatic carbocycles. The van der Waals surface area contributed by atoms with Gasteiger partial charge in [-0.05, 0) is 24.1 Å². The van der Waals surface area contributed by atoms with Crippen LogP contribution in [0.1, 0.15) is 5.56 Å². The van der Waals surface area contributed by atoms with E-state index >= 15 is 0 Å². The van der Waals surface area contributed by atoms with E-state index in [4.69, 9.17) is 16.7 Å². The fourth-order valence-corrected chi connectivity index (χ4v) is 1.60.